The van der Waals surface area contributed by atoms with Gasteiger partial charge in [0.05, 0.1) is 6.61 Å². The topological polar surface area (TPSA) is 81.4 Å². The summed E-state index contributed by atoms with van der Waals surface area (Å²) in [5, 5.41) is 2.26. The van der Waals surface area contributed by atoms with Gasteiger partial charge in [0, 0.05) is 18.2 Å². The quantitative estimate of drug-likeness (QED) is 0.387. The molecular formula is C9H14N2O3. The monoisotopic (exact) mass is 198 g/mol. The van der Waals surface area contributed by atoms with Crippen molar-refractivity contribution in [1.82, 2.24) is 5.32 Å². The lowest BCUT2D eigenvalue weighted by Gasteiger charge is -2.00. The van der Waals surface area contributed by atoms with Gasteiger partial charge in [0.2, 0.25) is 0 Å². The summed E-state index contributed by atoms with van der Waals surface area (Å²) in [6.45, 7) is 5.26. The van der Waals surface area contributed by atoms with Crippen LogP contribution < -0.4 is 11.1 Å². The van der Waals surface area contributed by atoms with Crippen molar-refractivity contribution >= 4 is 12.0 Å². The molecule has 0 bridgehead atoms. The Labute approximate surface area is 82.6 Å². The van der Waals surface area contributed by atoms with E-state index in [9.17, 15) is 9.59 Å². The first-order valence-corrected chi connectivity index (χ1v) is 4.07. The fourth-order valence-corrected chi connectivity index (χ4v) is 0.567. The number of esters is 1. The molecule has 0 unspecified atom stereocenters. The Bertz CT molecular complexity index is 259. The number of carbonyl (C=O) groups is 2. The summed E-state index contributed by atoms with van der Waals surface area (Å²) >= 11 is 0. The number of nitrogens with two attached hydrogens (primary N) is 1. The molecule has 14 heavy (non-hydrogen) atoms. The van der Waals surface area contributed by atoms with Gasteiger partial charge >= 0.3 is 12.0 Å². The number of ether oxygens (including phenoxy) is 1. The zero-order valence-corrected chi connectivity index (χ0v) is 8.08. The van der Waals surface area contributed by atoms with E-state index in [0.29, 0.717) is 12.0 Å². The lowest BCUT2D eigenvalue weighted by molar-refractivity contribution is -0.138. The predicted molar refractivity (Wildman–Crippen MR) is 52.2 cm³/mol. The molecule has 3 N–H and O–H groups in total. The molecule has 0 fully saturated rings. The third-order valence-corrected chi connectivity index (χ3v) is 1.21. The SMILES string of the molecule is C=C(C)C(=O)OCCC=CNC(N)=O. The molecule has 0 aliphatic rings. The second kappa shape index (κ2) is 6.71. The van der Waals surface area contributed by atoms with Gasteiger partial charge in [0.15, 0.2) is 0 Å². The van der Waals surface area contributed by atoms with E-state index in [2.05, 4.69) is 11.9 Å². The number of urea groups is 1. The molecule has 5 heteroatoms. The molecule has 0 aliphatic heterocycles. The molecule has 2 amide bonds. The minimum atomic E-state index is -0.625. The van der Waals surface area contributed by atoms with Crippen LogP contribution in [0.2, 0.25) is 0 Å². The van der Waals surface area contributed by atoms with Crippen LogP contribution in [0, 0.1) is 0 Å². The first-order valence-electron chi connectivity index (χ1n) is 4.07. The third kappa shape index (κ3) is 6.90. The van der Waals surface area contributed by atoms with Gasteiger partial charge in [0.25, 0.3) is 0 Å². The van der Waals surface area contributed by atoms with Crippen LogP contribution in [0.25, 0.3) is 0 Å². The van der Waals surface area contributed by atoms with Crippen molar-refractivity contribution in [1.29, 1.82) is 0 Å². The van der Waals surface area contributed by atoms with E-state index >= 15 is 0 Å². The van der Waals surface area contributed by atoms with Gasteiger partial charge in [-0.2, -0.15) is 0 Å². The third-order valence-electron chi connectivity index (χ3n) is 1.21. The Morgan fingerprint density at radius 1 is 1.57 bits per heavy atom. The van der Waals surface area contributed by atoms with Crippen molar-refractivity contribution in [3.05, 3.63) is 24.4 Å². The van der Waals surface area contributed by atoms with E-state index in [0.717, 1.165) is 0 Å². The first-order chi connectivity index (χ1) is 6.54. The van der Waals surface area contributed by atoms with Crippen molar-refractivity contribution in [2.75, 3.05) is 6.61 Å². The normalized spacial score (nSPS) is 9.79. The molecule has 78 valence electrons. The Balaban J connectivity index is 3.47. The zero-order chi connectivity index (χ0) is 11.0. The summed E-state index contributed by atoms with van der Waals surface area (Å²) in [7, 11) is 0. The van der Waals surface area contributed by atoms with Crippen molar-refractivity contribution in [2.24, 2.45) is 5.73 Å². The average Bonchev–Trinajstić information content (AvgIpc) is 2.09. The number of hydrogen-bond acceptors (Lipinski definition) is 3. The van der Waals surface area contributed by atoms with Crippen molar-refractivity contribution in [3.8, 4) is 0 Å². The number of nitrogens with one attached hydrogen (secondary N) is 1. The Morgan fingerprint density at radius 2 is 2.21 bits per heavy atom. The highest BCUT2D eigenvalue weighted by molar-refractivity contribution is 5.86. The van der Waals surface area contributed by atoms with Crippen LogP contribution in [-0.2, 0) is 9.53 Å². The lowest BCUT2D eigenvalue weighted by Crippen LogP contribution is -2.23. The molecule has 5 nitrogen and oxygen atoms in total. The maximum Gasteiger partial charge on any atom is 0.333 e. The maximum atomic E-state index is 10.8. The lowest BCUT2D eigenvalue weighted by atomic mass is 10.3. The number of amides is 2. The number of primary amides is 1. The highest BCUT2D eigenvalue weighted by Gasteiger charge is 2.00. The summed E-state index contributed by atoms with van der Waals surface area (Å²) in [6, 6.07) is -0.625. The fourth-order valence-electron chi connectivity index (χ4n) is 0.567. The van der Waals surface area contributed by atoms with Crippen LogP contribution in [0.15, 0.2) is 24.4 Å². The van der Waals surface area contributed by atoms with E-state index in [4.69, 9.17) is 10.5 Å². The molecule has 0 atom stereocenters. The van der Waals surface area contributed by atoms with E-state index in [-0.39, 0.29) is 6.61 Å². The van der Waals surface area contributed by atoms with Crippen molar-refractivity contribution in [3.63, 3.8) is 0 Å². The van der Waals surface area contributed by atoms with E-state index < -0.39 is 12.0 Å². The first kappa shape index (κ1) is 12.2. The Morgan fingerprint density at radius 3 is 2.71 bits per heavy atom. The molecule has 0 spiro atoms. The maximum absolute atomic E-state index is 10.8. The van der Waals surface area contributed by atoms with Gasteiger partial charge in [-0.05, 0) is 6.92 Å². The number of hydrogen-bond donors (Lipinski definition) is 2. The minimum absolute atomic E-state index is 0.253. The summed E-state index contributed by atoms with van der Waals surface area (Å²) < 4.78 is 4.78. The highest BCUT2D eigenvalue weighted by Crippen LogP contribution is 1.93. The Hall–Kier alpha value is -1.78. The second-order valence-electron chi connectivity index (χ2n) is 2.62. The molecule has 0 aromatic rings. The van der Waals surface area contributed by atoms with Crippen LogP contribution in [0.3, 0.4) is 0 Å². The van der Waals surface area contributed by atoms with Crippen molar-refractivity contribution < 1.29 is 14.3 Å². The minimum Gasteiger partial charge on any atom is -0.462 e. The summed E-state index contributed by atoms with van der Waals surface area (Å²) in [5.41, 5.74) is 5.16. The van der Waals surface area contributed by atoms with Crippen LogP contribution in [0.4, 0.5) is 4.79 Å². The van der Waals surface area contributed by atoms with E-state index in [1.807, 2.05) is 0 Å². The smallest absolute Gasteiger partial charge is 0.333 e. The van der Waals surface area contributed by atoms with Crippen LogP contribution in [-0.4, -0.2) is 18.6 Å². The second-order valence-corrected chi connectivity index (χ2v) is 2.62. The molecular weight excluding hydrogens is 184 g/mol. The number of rotatable bonds is 5. The summed E-state index contributed by atoms with van der Waals surface area (Å²) in [4.78, 5) is 21.0. The van der Waals surface area contributed by atoms with Gasteiger partial charge in [0.1, 0.15) is 0 Å². The van der Waals surface area contributed by atoms with Gasteiger partial charge in [-0.1, -0.05) is 12.7 Å². The standard InChI is InChI=1S/C9H14N2O3/c1-7(2)8(12)14-6-4-3-5-11-9(10)13/h3,5H,1,4,6H2,2H3,(H3,10,11,13). The average molecular weight is 198 g/mol. The molecule has 0 aromatic carbocycles. The van der Waals surface area contributed by atoms with E-state index in [1.54, 1.807) is 13.0 Å². The molecule has 0 rings (SSSR count). The molecule has 0 saturated carbocycles. The van der Waals surface area contributed by atoms with E-state index in [1.165, 1.54) is 6.20 Å². The molecule has 0 aromatic heterocycles. The largest absolute Gasteiger partial charge is 0.462 e. The molecule has 0 heterocycles. The molecule has 0 aliphatic carbocycles. The zero-order valence-electron chi connectivity index (χ0n) is 8.08. The van der Waals surface area contributed by atoms with Gasteiger partial charge in [-0.3, -0.25) is 0 Å². The van der Waals surface area contributed by atoms with Crippen LogP contribution >= 0.6 is 0 Å². The molecule has 0 radical (unpaired) electrons. The predicted octanol–water partition coefficient (Wildman–Crippen LogP) is 0.678. The van der Waals surface area contributed by atoms with Crippen LogP contribution in [0.5, 0.6) is 0 Å². The highest BCUT2D eigenvalue weighted by atomic mass is 16.5. The van der Waals surface area contributed by atoms with Crippen molar-refractivity contribution in [2.45, 2.75) is 13.3 Å². The fraction of sp³-hybridized carbons (Fsp3) is 0.333. The Kier molecular flexibility index (Phi) is 5.85. The van der Waals surface area contributed by atoms with Crippen LogP contribution in [0.1, 0.15) is 13.3 Å². The summed E-state index contributed by atoms with van der Waals surface area (Å²) in [5.74, 6) is -0.415. The summed E-state index contributed by atoms with van der Waals surface area (Å²) in [6.07, 6.45) is 3.55. The number of carbonyl (C=O) groups excluding carboxylic acids is 2. The van der Waals surface area contributed by atoms with Gasteiger partial charge < -0.3 is 15.8 Å². The van der Waals surface area contributed by atoms with Gasteiger partial charge in [-0.25, -0.2) is 9.59 Å². The molecule has 0 saturated heterocycles. The van der Waals surface area contributed by atoms with Gasteiger partial charge in [-0.15, -0.1) is 0 Å².